The van der Waals surface area contributed by atoms with Crippen LogP contribution in [0.1, 0.15) is 60.0 Å². The van der Waals surface area contributed by atoms with E-state index in [1.807, 2.05) is 54.6 Å². The summed E-state index contributed by atoms with van der Waals surface area (Å²) in [5.41, 5.74) is 4.99. The third kappa shape index (κ3) is 9.29. The molecule has 4 atom stereocenters. The Hall–Kier alpha value is -5.51. The van der Waals surface area contributed by atoms with Gasteiger partial charge in [-0.05, 0) is 116 Å². The molecule has 4 unspecified atom stereocenters. The highest BCUT2D eigenvalue weighted by Gasteiger charge is 2.40. The van der Waals surface area contributed by atoms with Gasteiger partial charge in [-0.2, -0.15) is 0 Å². The summed E-state index contributed by atoms with van der Waals surface area (Å²) in [6, 6.07) is 53.2. The van der Waals surface area contributed by atoms with Gasteiger partial charge in [0, 0.05) is 49.5 Å². The Bertz CT molecular complexity index is 2100. The first-order valence-corrected chi connectivity index (χ1v) is 19.9. The lowest BCUT2D eigenvalue weighted by atomic mass is 9.89. The van der Waals surface area contributed by atoms with E-state index in [0.717, 1.165) is 61.8 Å². The van der Waals surface area contributed by atoms with E-state index in [2.05, 4.69) is 123 Å². The molecule has 286 valence electrons. The normalized spacial score (nSPS) is 19.8. The predicted molar refractivity (Wildman–Crippen MR) is 222 cm³/mol. The molecule has 5 aromatic carbocycles. The maximum absolute atomic E-state index is 6.42. The van der Waals surface area contributed by atoms with E-state index in [4.69, 9.17) is 14.2 Å². The summed E-state index contributed by atoms with van der Waals surface area (Å²) in [6.45, 7) is 3.38. The van der Waals surface area contributed by atoms with Gasteiger partial charge in [0.15, 0.2) is 0 Å². The van der Waals surface area contributed by atoms with Gasteiger partial charge in [-0.25, -0.2) is 15.0 Å². The number of ether oxygens (including phenoxy) is 3. The Morgan fingerprint density at radius 2 is 1.05 bits per heavy atom. The number of hydrogen-bond acceptors (Lipinski definition) is 8. The van der Waals surface area contributed by atoms with Gasteiger partial charge in [0.25, 0.3) is 0 Å². The van der Waals surface area contributed by atoms with E-state index in [1.54, 1.807) is 13.3 Å². The van der Waals surface area contributed by atoms with Gasteiger partial charge in [-0.1, -0.05) is 91.0 Å². The van der Waals surface area contributed by atoms with Crippen LogP contribution >= 0.6 is 0 Å². The smallest absolute Gasteiger partial charge is 0.219 e. The molecular formula is C48H51N5O3. The van der Waals surface area contributed by atoms with Crippen LogP contribution in [-0.2, 0) is 13.1 Å². The Balaban J connectivity index is 1.20. The average molecular weight is 746 g/mol. The van der Waals surface area contributed by atoms with Crippen LogP contribution in [0.2, 0.25) is 0 Å². The third-order valence-electron chi connectivity index (χ3n) is 10.9. The molecule has 56 heavy (non-hydrogen) atoms. The van der Waals surface area contributed by atoms with Gasteiger partial charge in [0.05, 0.1) is 7.11 Å². The van der Waals surface area contributed by atoms with E-state index in [9.17, 15) is 0 Å². The summed E-state index contributed by atoms with van der Waals surface area (Å²) >= 11 is 0. The molecule has 3 heterocycles. The number of nitrogens with one attached hydrogen (secondary N) is 2. The summed E-state index contributed by atoms with van der Waals surface area (Å²) < 4.78 is 18.1. The fourth-order valence-corrected chi connectivity index (χ4v) is 8.28. The molecule has 2 fully saturated rings. The Morgan fingerprint density at radius 3 is 1.57 bits per heavy atom. The number of nitrogens with zero attached hydrogens (tertiary/aromatic N) is 3. The maximum Gasteiger partial charge on any atom is 0.219 e. The van der Waals surface area contributed by atoms with Crippen LogP contribution in [0.5, 0.6) is 28.9 Å². The zero-order valence-corrected chi connectivity index (χ0v) is 32.0. The van der Waals surface area contributed by atoms with Crippen molar-refractivity contribution < 1.29 is 14.2 Å². The molecule has 2 saturated heterocycles. The molecule has 0 radical (unpaired) electrons. The van der Waals surface area contributed by atoms with Crippen molar-refractivity contribution in [3.63, 3.8) is 0 Å². The minimum Gasteiger partial charge on any atom is -0.497 e. The molecule has 1 aromatic heterocycles. The van der Waals surface area contributed by atoms with E-state index >= 15 is 0 Å². The van der Waals surface area contributed by atoms with Crippen molar-refractivity contribution >= 4 is 0 Å². The predicted octanol–water partition coefficient (Wildman–Crippen LogP) is 9.88. The quantitative estimate of drug-likeness (QED) is 0.107. The van der Waals surface area contributed by atoms with Gasteiger partial charge in [0.2, 0.25) is 5.88 Å². The second-order valence-electron chi connectivity index (χ2n) is 14.6. The van der Waals surface area contributed by atoms with Crippen LogP contribution in [0.15, 0.2) is 158 Å². The number of benzene rings is 5. The van der Waals surface area contributed by atoms with E-state index in [-0.39, 0.29) is 24.2 Å². The van der Waals surface area contributed by atoms with Crippen molar-refractivity contribution in [1.82, 2.24) is 25.6 Å². The first kappa shape index (κ1) is 37.4. The Morgan fingerprint density at radius 1 is 0.536 bits per heavy atom. The zero-order valence-electron chi connectivity index (χ0n) is 32.0. The number of aromatic nitrogens is 1. The number of piperidine rings is 2. The highest BCUT2D eigenvalue weighted by molar-refractivity contribution is 5.37. The number of hydrazine groups is 1. The van der Waals surface area contributed by atoms with Gasteiger partial charge in [-0.15, -0.1) is 0 Å². The first-order chi connectivity index (χ1) is 27.7. The lowest BCUT2D eigenvalue weighted by Crippen LogP contribution is -2.60. The Labute approximate surface area is 331 Å². The molecule has 0 aliphatic carbocycles. The van der Waals surface area contributed by atoms with E-state index in [1.165, 1.54) is 22.3 Å². The highest BCUT2D eigenvalue weighted by atomic mass is 16.5. The summed E-state index contributed by atoms with van der Waals surface area (Å²) in [5, 5.41) is 13.3. The van der Waals surface area contributed by atoms with Crippen LogP contribution in [0.3, 0.4) is 0 Å². The van der Waals surface area contributed by atoms with Crippen LogP contribution in [0.4, 0.5) is 0 Å². The molecule has 6 aromatic rings. The highest BCUT2D eigenvalue weighted by Crippen LogP contribution is 2.37. The fourth-order valence-electron chi connectivity index (χ4n) is 8.28. The third-order valence-corrected chi connectivity index (χ3v) is 10.9. The molecule has 0 amide bonds. The van der Waals surface area contributed by atoms with Crippen LogP contribution < -0.4 is 24.8 Å². The van der Waals surface area contributed by atoms with Crippen molar-refractivity contribution in [3.8, 4) is 28.9 Å². The molecule has 0 spiro atoms. The van der Waals surface area contributed by atoms with Crippen molar-refractivity contribution in [2.45, 2.75) is 62.9 Å². The fraction of sp³-hybridized carbons (Fsp3) is 0.271. The van der Waals surface area contributed by atoms with Gasteiger partial charge < -0.3 is 24.8 Å². The van der Waals surface area contributed by atoms with Crippen molar-refractivity contribution in [2.75, 3.05) is 20.2 Å². The molecule has 2 N–H and O–H groups in total. The number of pyridine rings is 1. The number of hydrogen-bond donors (Lipinski definition) is 2. The Kier molecular flexibility index (Phi) is 12.3. The molecule has 2 aliphatic heterocycles. The summed E-state index contributed by atoms with van der Waals surface area (Å²) in [7, 11) is 1.68. The minimum atomic E-state index is 0.150. The number of rotatable bonds is 14. The molecular weight excluding hydrogens is 695 g/mol. The topological polar surface area (TPSA) is 71.1 Å². The van der Waals surface area contributed by atoms with Crippen LogP contribution in [0.25, 0.3) is 0 Å². The lowest BCUT2D eigenvalue weighted by Gasteiger charge is -2.51. The SMILES string of the molecule is COc1ccc(Oc2cccc(CN(C3CCCNC3c3ccccc3)N(Cc3cccc(Oc4ccccn4)c3)C3CCCNC3c3ccccc3)c2)cc1. The largest absolute Gasteiger partial charge is 0.497 e. The van der Waals surface area contributed by atoms with Gasteiger partial charge >= 0.3 is 0 Å². The summed E-state index contributed by atoms with van der Waals surface area (Å²) in [4.78, 5) is 4.42. The zero-order chi connectivity index (χ0) is 37.9. The van der Waals surface area contributed by atoms with Crippen LogP contribution in [0, 0.1) is 0 Å². The summed E-state index contributed by atoms with van der Waals surface area (Å²) in [5.74, 6) is 3.74. The number of methoxy groups -OCH3 is 1. The molecule has 2 aliphatic rings. The minimum absolute atomic E-state index is 0.150. The van der Waals surface area contributed by atoms with Crippen LogP contribution in [-0.4, -0.2) is 47.3 Å². The van der Waals surface area contributed by atoms with Gasteiger partial charge in [0.1, 0.15) is 23.0 Å². The van der Waals surface area contributed by atoms with Gasteiger partial charge in [-0.3, -0.25) is 0 Å². The second-order valence-corrected chi connectivity index (χ2v) is 14.6. The lowest BCUT2D eigenvalue weighted by molar-refractivity contribution is -0.135. The van der Waals surface area contributed by atoms with Crippen molar-refractivity contribution in [2.24, 2.45) is 0 Å². The average Bonchev–Trinajstić information content (AvgIpc) is 3.26. The van der Waals surface area contributed by atoms with Crippen molar-refractivity contribution in [3.05, 3.63) is 180 Å². The van der Waals surface area contributed by atoms with E-state index < -0.39 is 0 Å². The monoisotopic (exact) mass is 745 g/mol. The molecule has 8 rings (SSSR count). The summed E-state index contributed by atoms with van der Waals surface area (Å²) in [6.07, 6.45) is 6.07. The molecule has 0 saturated carbocycles. The molecule has 0 bridgehead atoms. The van der Waals surface area contributed by atoms with E-state index in [0.29, 0.717) is 19.0 Å². The second kappa shape index (κ2) is 18.4. The first-order valence-electron chi connectivity index (χ1n) is 19.9. The maximum atomic E-state index is 6.42. The standard InChI is InChI=1S/C48H51N5O3/c1-54-40-25-27-41(28-26-40)55-42-20-10-14-36(32-42)34-52(44-22-12-30-50-47(44)38-16-4-2-5-17-38)53(45-23-13-31-51-48(45)39-18-6-3-7-19-39)35-37-15-11-21-43(33-37)56-46-24-8-9-29-49-46/h2-11,14-21,24-29,32-33,44-45,47-48,50-51H,12-13,22-23,30-31,34-35H2,1H3. The molecule has 8 nitrogen and oxygen atoms in total. The van der Waals surface area contributed by atoms with Crippen molar-refractivity contribution in [1.29, 1.82) is 0 Å². The molecule has 8 heteroatoms.